The molecule has 29 heavy (non-hydrogen) atoms. The van der Waals surface area contributed by atoms with Crippen molar-refractivity contribution in [1.29, 1.82) is 0 Å². The molecule has 0 aromatic heterocycles. The molecule has 2 rings (SSSR count). The number of benzene rings is 1. The van der Waals surface area contributed by atoms with Gasteiger partial charge in [-0.3, -0.25) is 9.59 Å². The zero-order chi connectivity index (χ0) is 19.9. The van der Waals surface area contributed by atoms with E-state index in [2.05, 4.69) is 17.1 Å². The van der Waals surface area contributed by atoms with E-state index in [4.69, 9.17) is 5.73 Å². The van der Waals surface area contributed by atoms with Gasteiger partial charge in [-0.2, -0.15) is 0 Å². The van der Waals surface area contributed by atoms with E-state index in [0.717, 1.165) is 44.0 Å². The molecule has 0 radical (unpaired) electrons. The number of halogens is 2. The Balaban J connectivity index is 0.00000392. The number of nitrogens with one attached hydrogen (secondary N) is 1. The second kappa shape index (κ2) is 13.1. The van der Waals surface area contributed by atoms with Gasteiger partial charge in [0, 0.05) is 38.4 Å². The number of carbonyl (C=O) groups is 2. The topological polar surface area (TPSA) is 78.7 Å². The summed E-state index contributed by atoms with van der Waals surface area (Å²) in [5.41, 5.74) is 7.03. The average Bonchev–Trinajstić information content (AvgIpc) is 2.71. The van der Waals surface area contributed by atoms with Crippen molar-refractivity contribution in [1.82, 2.24) is 9.80 Å². The summed E-state index contributed by atoms with van der Waals surface area (Å²) >= 11 is 0. The van der Waals surface area contributed by atoms with Gasteiger partial charge in [-0.1, -0.05) is 32.9 Å². The summed E-state index contributed by atoms with van der Waals surface area (Å²) in [6, 6.07) is 7.56. The van der Waals surface area contributed by atoms with Crippen LogP contribution < -0.4 is 11.1 Å². The third-order valence-corrected chi connectivity index (χ3v) is 5.97. The second-order valence-corrected chi connectivity index (χ2v) is 7.33. The van der Waals surface area contributed by atoms with Crippen LogP contribution in [0.2, 0.25) is 0 Å². The molecule has 1 aliphatic rings. The first-order valence-corrected chi connectivity index (χ1v) is 10.1. The van der Waals surface area contributed by atoms with E-state index in [0.29, 0.717) is 25.8 Å². The maximum atomic E-state index is 12.6. The van der Waals surface area contributed by atoms with Gasteiger partial charge in [0.25, 0.3) is 0 Å². The maximum absolute atomic E-state index is 12.6. The minimum atomic E-state index is -0.519. The third kappa shape index (κ3) is 7.14. The first-order valence-electron chi connectivity index (χ1n) is 10.1. The van der Waals surface area contributed by atoms with Crippen molar-refractivity contribution in [3.63, 3.8) is 0 Å². The van der Waals surface area contributed by atoms with Crippen molar-refractivity contribution in [3.05, 3.63) is 29.8 Å². The molecule has 6 nitrogen and oxygen atoms in total. The number of piperazine rings is 1. The Hall–Kier alpha value is -1.34. The number of nitrogens with zero attached hydrogens (tertiary/aromatic N) is 2. The molecule has 3 N–H and O–H groups in total. The lowest BCUT2D eigenvalue weighted by Crippen LogP contribution is -2.48. The predicted molar refractivity (Wildman–Crippen MR) is 124 cm³/mol. The molecule has 0 bridgehead atoms. The van der Waals surface area contributed by atoms with Crippen LogP contribution in [0.15, 0.2) is 24.3 Å². The molecule has 8 heteroatoms. The summed E-state index contributed by atoms with van der Waals surface area (Å²) in [6.45, 7) is 11.0. The highest BCUT2D eigenvalue weighted by molar-refractivity contribution is 5.95. The Kier molecular flexibility index (Phi) is 12.5. The number of nitrogens with two attached hydrogens (primary N) is 1. The molecular weight excluding hydrogens is 411 g/mol. The van der Waals surface area contributed by atoms with Gasteiger partial charge in [-0.15, -0.1) is 24.8 Å². The Morgan fingerprint density at radius 2 is 1.55 bits per heavy atom. The molecule has 0 unspecified atom stereocenters. The van der Waals surface area contributed by atoms with Crippen LogP contribution >= 0.6 is 24.8 Å². The zero-order valence-corrected chi connectivity index (χ0v) is 19.4. The molecule has 1 saturated heterocycles. The van der Waals surface area contributed by atoms with Crippen molar-refractivity contribution >= 4 is 42.3 Å². The van der Waals surface area contributed by atoms with Crippen LogP contribution in [0.4, 0.5) is 5.69 Å². The van der Waals surface area contributed by atoms with Crippen LogP contribution in [0.3, 0.4) is 0 Å². The molecule has 0 atom stereocenters. The SMILES string of the molecule is CCN1CCN(C(=O)Cc2ccc(NC(=O)C(CC)(CC)CN)cc2)CC1.Cl.Cl. The van der Waals surface area contributed by atoms with Gasteiger partial charge < -0.3 is 20.9 Å². The summed E-state index contributed by atoms with van der Waals surface area (Å²) in [6.07, 6.45) is 1.82. The predicted octanol–water partition coefficient (Wildman–Crippen LogP) is 2.94. The highest BCUT2D eigenvalue weighted by Gasteiger charge is 2.33. The fourth-order valence-corrected chi connectivity index (χ4v) is 3.52. The number of hydrogen-bond acceptors (Lipinski definition) is 4. The van der Waals surface area contributed by atoms with E-state index in [1.807, 2.05) is 43.0 Å². The lowest BCUT2D eigenvalue weighted by Gasteiger charge is -2.34. The van der Waals surface area contributed by atoms with E-state index in [-0.39, 0.29) is 36.6 Å². The summed E-state index contributed by atoms with van der Waals surface area (Å²) in [7, 11) is 0. The fourth-order valence-electron chi connectivity index (χ4n) is 3.52. The van der Waals surface area contributed by atoms with Gasteiger partial charge in [0.15, 0.2) is 0 Å². The van der Waals surface area contributed by atoms with Crippen LogP contribution in [0.5, 0.6) is 0 Å². The van der Waals surface area contributed by atoms with Crippen molar-refractivity contribution in [2.24, 2.45) is 11.1 Å². The summed E-state index contributed by atoms with van der Waals surface area (Å²) in [4.78, 5) is 29.4. The molecule has 1 aromatic rings. The van der Waals surface area contributed by atoms with E-state index in [9.17, 15) is 9.59 Å². The Morgan fingerprint density at radius 3 is 2.00 bits per heavy atom. The van der Waals surface area contributed by atoms with Crippen LogP contribution in [0.25, 0.3) is 0 Å². The molecule has 1 aliphatic heterocycles. The Bertz CT molecular complexity index is 620. The molecule has 0 saturated carbocycles. The van der Waals surface area contributed by atoms with Gasteiger partial charge in [0.2, 0.25) is 11.8 Å². The van der Waals surface area contributed by atoms with E-state index >= 15 is 0 Å². The Labute approximate surface area is 187 Å². The van der Waals surface area contributed by atoms with Gasteiger partial charge in [0.1, 0.15) is 0 Å². The van der Waals surface area contributed by atoms with E-state index in [1.54, 1.807) is 0 Å². The molecule has 1 aromatic carbocycles. The summed E-state index contributed by atoms with van der Waals surface area (Å²) in [5.74, 6) is 0.134. The number of hydrogen-bond donors (Lipinski definition) is 2. The van der Waals surface area contributed by atoms with Crippen LogP contribution in [0, 0.1) is 5.41 Å². The minimum Gasteiger partial charge on any atom is -0.340 e. The van der Waals surface area contributed by atoms with Crippen molar-refractivity contribution in [2.75, 3.05) is 44.6 Å². The van der Waals surface area contributed by atoms with E-state index < -0.39 is 5.41 Å². The van der Waals surface area contributed by atoms with E-state index in [1.165, 1.54) is 0 Å². The zero-order valence-electron chi connectivity index (χ0n) is 17.8. The first kappa shape index (κ1) is 27.7. The smallest absolute Gasteiger partial charge is 0.231 e. The molecule has 1 fully saturated rings. The first-order chi connectivity index (χ1) is 13.0. The lowest BCUT2D eigenvalue weighted by molar-refractivity contribution is -0.132. The minimum absolute atomic E-state index is 0. The second-order valence-electron chi connectivity index (χ2n) is 7.33. The quantitative estimate of drug-likeness (QED) is 0.643. The molecular formula is C21H36Cl2N4O2. The third-order valence-electron chi connectivity index (χ3n) is 5.97. The normalized spacial score (nSPS) is 14.6. The summed E-state index contributed by atoms with van der Waals surface area (Å²) < 4.78 is 0. The monoisotopic (exact) mass is 446 g/mol. The van der Waals surface area contributed by atoms with Crippen molar-refractivity contribution in [2.45, 2.75) is 40.0 Å². The largest absolute Gasteiger partial charge is 0.340 e. The van der Waals surface area contributed by atoms with Gasteiger partial charge in [0.05, 0.1) is 11.8 Å². The van der Waals surface area contributed by atoms with Gasteiger partial charge in [-0.25, -0.2) is 0 Å². The highest BCUT2D eigenvalue weighted by Crippen LogP contribution is 2.27. The van der Waals surface area contributed by atoms with Crippen molar-refractivity contribution < 1.29 is 9.59 Å². The number of anilines is 1. The van der Waals surface area contributed by atoms with Crippen LogP contribution in [-0.2, 0) is 16.0 Å². The van der Waals surface area contributed by atoms with Gasteiger partial charge >= 0.3 is 0 Å². The maximum Gasteiger partial charge on any atom is 0.231 e. The number of carbonyl (C=O) groups excluding carboxylic acids is 2. The van der Waals surface area contributed by atoms with Crippen LogP contribution in [0.1, 0.15) is 39.2 Å². The number of likely N-dealkylation sites (N-methyl/N-ethyl adjacent to an activating group) is 1. The number of rotatable bonds is 8. The molecule has 2 amide bonds. The highest BCUT2D eigenvalue weighted by atomic mass is 35.5. The lowest BCUT2D eigenvalue weighted by atomic mass is 9.81. The van der Waals surface area contributed by atoms with Gasteiger partial charge in [-0.05, 0) is 37.1 Å². The molecule has 166 valence electrons. The number of amides is 2. The van der Waals surface area contributed by atoms with Crippen LogP contribution in [-0.4, -0.2) is 60.9 Å². The standard InChI is InChI=1S/C21H34N4O2.2ClH/c1-4-21(5-2,16-22)20(27)23-18-9-7-17(8-10-18)15-19(26)25-13-11-24(6-3)12-14-25;;/h7-10H,4-6,11-16,22H2,1-3H3,(H,23,27);2*1H. The average molecular weight is 447 g/mol. The summed E-state index contributed by atoms with van der Waals surface area (Å²) in [5, 5.41) is 2.97. The molecule has 1 heterocycles. The van der Waals surface area contributed by atoms with Crippen molar-refractivity contribution in [3.8, 4) is 0 Å². The fraction of sp³-hybridized carbons (Fsp3) is 0.619. The molecule has 0 spiro atoms. The Morgan fingerprint density at radius 1 is 1.00 bits per heavy atom. The molecule has 0 aliphatic carbocycles.